The average Bonchev–Trinajstić information content (AvgIpc) is 3.67. The van der Waals surface area contributed by atoms with Crippen LogP contribution in [0.15, 0.2) is 92.1 Å². The second-order valence-electron chi connectivity index (χ2n) is 12.8. The molecule has 4 heterocycles. The Balaban J connectivity index is 1.71. The Labute approximate surface area is 294 Å². The number of allylic oxidation sites excluding steroid dienone is 7. The van der Waals surface area contributed by atoms with Crippen LogP contribution in [0.5, 0.6) is 0 Å². The zero-order valence-corrected chi connectivity index (χ0v) is 29.9. The second-order valence-corrected chi connectivity index (χ2v) is 12.8. The van der Waals surface area contributed by atoms with E-state index >= 15 is 0 Å². The molecule has 0 saturated carbocycles. The van der Waals surface area contributed by atoms with Crippen molar-refractivity contribution in [1.29, 1.82) is 0 Å². The SMILES string of the molecule is C=C/C=C\C(=C/C)Cn1c(CCC(C)(C)c2nc3c(N)nc(=C/C=C)/c(=C\C)c3n2Cc2ccccc2)nc2c(N)nc(=C/C=C)/c(=C\C)c21. The minimum Gasteiger partial charge on any atom is -0.382 e. The van der Waals surface area contributed by atoms with Gasteiger partial charge in [0, 0.05) is 35.4 Å². The van der Waals surface area contributed by atoms with E-state index in [1.54, 1.807) is 18.2 Å². The molecule has 0 unspecified atom stereocenters. The van der Waals surface area contributed by atoms with Crippen molar-refractivity contribution >= 4 is 58.0 Å². The number of nitrogen functional groups attached to an aromatic ring is 2. The topological polar surface area (TPSA) is 113 Å². The van der Waals surface area contributed by atoms with Gasteiger partial charge in [-0.1, -0.05) is 113 Å². The Morgan fingerprint density at radius 3 is 1.90 bits per heavy atom. The highest BCUT2D eigenvalue weighted by molar-refractivity contribution is 5.87. The molecule has 5 rings (SSSR count). The van der Waals surface area contributed by atoms with Crippen LogP contribution >= 0.6 is 0 Å². The van der Waals surface area contributed by atoms with Gasteiger partial charge in [0.1, 0.15) is 22.7 Å². The molecule has 0 bridgehead atoms. The summed E-state index contributed by atoms with van der Waals surface area (Å²) in [5.41, 5.74) is 18.4. The van der Waals surface area contributed by atoms with E-state index < -0.39 is 5.41 Å². The van der Waals surface area contributed by atoms with E-state index in [1.165, 1.54) is 5.56 Å². The summed E-state index contributed by atoms with van der Waals surface area (Å²) >= 11 is 0. The number of aromatic nitrogens is 6. The minimum atomic E-state index is -0.395. The largest absolute Gasteiger partial charge is 0.382 e. The lowest BCUT2D eigenvalue weighted by Gasteiger charge is -2.26. The number of pyridine rings is 2. The molecule has 5 aromatic rings. The van der Waals surface area contributed by atoms with Gasteiger partial charge in [0.15, 0.2) is 11.6 Å². The monoisotopic (exact) mass is 664 g/mol. The summed E-state index contributed by atoms with van der Waals surface area (Å²) in [6.45, 7) is 23.5. The zero-order valence-electron chi connectivity index (χ0n) is 29.9. The molecule has 0 fully saturated rings. The van der Waals surface area contributed by atoms with Crippen molar-refractivity contribution in [1.82, 2.24) is 29.1 Å². The number of hydrogen-bond acceptors (Lipinski definition) is 6. The molecule has 50 heavy (non-hydrogen) atoms. The predicted molar refractivity (Wildman–Crippen MR) is 212 cm³/mol. The Morgan fingerprint density at radius 2 is 1.36 bits per heavy atom. The minimum absolute atomic E-state index is 0.393. The molecule has 0 aliphatic carbocycles. The van der Waals surface area contributed by atoms with Crippen LogP contribution in [0.1, 0.15) is 58.3 Å². The number of benzene rings is 1. The number of hydrogen-bond donors (Lipinski definition) is 2. The third kappa shape index (κ3) is 6.87. The zero-order chi connectivity index (χ0) is 36.0. The fraction of sp³-hybridized carbons (Fsp3) is 0.238. The van der Waals surface area contributed by atoms with Crippen LogP contribution < -0.4 is 32.6 Å². The molecular formula is C42H48N8. The third-order valence-electron chi connectivity index (χ3n) is 9.09. The van der Waals surface area contributed by atoms with E-state index in [-0.39, 0.29) is 0 Å². The number of fused-ring (bicyclic) bond motifs is 2. The number of nitrogens with two attached hydrogens (primary N) is 2. The molecule has 1 aromatic carbocycles. The van der Waals surface area contributed by atoms with Crippen LogP contribution in [0.2, 0.25) is 0 Å². The maximum absolute atomic E-state index is 6.61. The number of aryl methyl sites for hydroxylation is 1. The smallest absolute Gasteiger partial charge is 0.152 e. The molecule has 0 spiro atoms. The molecule has 0 atom stereocenters. The molecule has 256 valence electrons. The first-order valence-corrected chi connectivity index (χ1v) is 17.0. The van der Waals surface area contributed by atoms with E-state index in [4.69, 9.17) is 31.4 Å². The van der Waals surface area contributed by atoms with E-state index in [9.17, 15) is 0 Å². The molecule has 0 aliphatic heterocycles. The molecule has 0 aliphatic rings. The van der Waals surface area contributed by atoms with Crippen molar-refractivity contribution in [2.45, 2.75) is 66.0 Å². The van der Waals surface area contributed by atoms with Crippen LogP contribution in [0.4, 0.5) is 11.6 Å². The average molecular weight is 665 g/mol. The van der Waals surface area contributed by atoms with Crippen molar-refractivity contribution in [2.24, 2.45) is 0 Å². The first-order chi connectivity index (χ1) is 24.1. The van der Waals surface area contributed by atoms with Crippen molar-refractivity contribution in [3.63, 3.8) is 0 Å². The molecule has 8 heteroatoms. The fourth-order valence-electron chi connectivity index (χ4n) is 6.58. The molecule has 0 radical (unpaired) electrons. The maximum Gasteiger partial charge on any atom is 0.152 e. The van der Waals surface area contributed by atoms with E-state index in [1.807, 2.05) is 45.1 Å². The Hall–Kier alpha value is -5.76. The van der Waals surface area contributed by atoms with Crippen LogP contribution in [0.3, 0.4) is 0 Å². The number of nitrogens with zero attached hydrogens (tertiary/aromatic N) is 6. The van der Waals surface area contributed by atoms with Crippen LogP contribution in [-0.2, 0) is 24.9 Å². The Kier molecular flexibility index (Phi) is 10.8. The number of rotatable bonds is 12. The highest BCUT2D eigenvalue weighted by Crippen LogP contribution is 2.32. The van der Waals surface area contributed by atoms with Gasteiger partial charge >= 0.3 is 0 Å². The summed E-state index contributed by atoms with van der Waals surface area (Å²) in [7, 11) is 0. The molecule has 0 saturated heterocycles. The van der Waals surface area contributed by atoms with Crippen LogP contribution in [0, 0.1) is 0 Å². The predicted octanol–water partition coefficient (Wildman–Crippen LogP) is 5.52. The van der Waals surface area contributed by atoms with Gasteiger partial charge in [0.25, 0.3) is 0 Å². The van der Waals surface area contributed by atoms with Gasteiger partial charge in [0.2, 0.25) is 0 Å². The van der Waals surface area contributed by atoms with Gasteiger partial charge in [-0.05, 0) is 50.5 Å². The second kappa shape index (κ2) is 15.2. The summed E-state index contributed by atoms with van der Waals surface area (Å²) in [5.74, 6) is 2.64. The molecule has 8 nitrogen and oxygen atoms in total. The van der Waals surface area contributed by atoms with E-state index in [0.717, 1.165) is 55.8 Å². The number of imidazole rings is 2. The summed E-state index contributed by atoms with van der Waals surface area (Å²) in [6.07, 6.45) is 20.7. The van der Waals surface area contributed by atoms with Gasteiger partial charge in [-0.2, -0.15) is 0 Å². The van der Waals surface area contributed by atoms with Gasteiger partial charge in [-0.3, -0.25) is 0 Å². The van der Waals surface area contributed by atoms with Crippen molar-refractivity contribution < 1.29 is 0 Å². The van der Waals surface area contributed by atoms with Crippen LogP contribution in [-0.4, -0.2) is 29.1 Å². The van der Waals surface area contributed by atoms with Gasteiger partial charge in [-0.15, -0.1) is 0 Å². The number of anilines is 2. The molecule has 4 aromatic heterocycles. The standard InChI is InChI=1S/C42H48N8/c1-9-15-21-28(12-4)26-49-34(47-35-37(49)30(13-5)32(19-10-2)45-39(35)43)24-25-42(7,8)41-48-36-38(50(41)27-29-22-17-16-18-23-29)31(14-6)33(20-11-3)46-40(36)44/h9-23H,1-3,24-27H2,4-8H3,(H2,43,45)(H2,44,46)/b21-15-,28-12+,30-13+,31-14+,32-19+,33-20+. The fourth-order valence-corrected chi connectivity index (χ4v) is 6.58. The normalized spacial score (nSPS) is 14.1. The lowest BCUT2D eigenvalue weighted by atomic mass is 9.86. The molecular weight excluding hydrogens is 617 g/mol. The lowest BCUT2D eigenvalue weighted by molar-refractivity contribution is 0.426. The third-order valence-corrected chi connectivity index (χ3v) is 9.09. The highest BCUT2D eigenvalue weighted by atomic mass is 15.1. The van der Waals surface area contributed by atoms with Crippen molar-refractivity contribution in [2.75, 3.05) is 11.5 Å². The Bertz CT molecular complexity index is 2400. The van der Waals surface area contributed by atoms with E-state index in [0.29, 0.717) is 42.2 Å². The Morgan fingerprint density at radius 1 is 0.780 bits per heavy atom. The molecule has 4 N–H and O–H groups in total. The summed E-state index contributed by atoms with van der Waals surface area (Å²) in [4.78, 5) is 19.8. The van der Waals surface area contributed by atoms with Crippen molar-refractivity contribution in [3.8, 4) is 0 Å². The van der Waals surface area contributed by atoms with Gasteiger partial charge in [0.05, 0.1) is 21.7 Å². The van der Waals surface area contributed by atoms with Gasteiger partial charge < -0.3 is 20.6 Å². The lowest BCUT2D eigenvalue weighted by Crippen LogP contribution is -2.32. The summed E-state index contributed by atoms with van der Waals surface area (Å²) < 4.78 is 4.58. The first kappa shape index (κ1) is 35.5. The summed E-state index contributed by atoms with van der Waals surface area (Å²) in [5, 5.41) is 3.49. The highest BCUT2D eigenvalue weighted by Gasteiger charge is 2.30. The van der Waals surface area contributed by atoms with Crippen molar-refractivity contribution in [3.05, 3.63) is 130 Å². The summed E-state index contributed by atoms with van der Waals surface area (Å²) in [6, 6.07) is 10.4. The first-order valence-electron chi connectivity index (χ1n) is 17.0. The quantitative estimate of drug-likeness (QED) is 0.170. The molecule has 0 amide bonds. The maximum atomic E-state index is 6.61. The van der Waals surface area contributed by atoms with Gasteiger partial charge in [-0.25, -0.2) is 19.9 Å². The van der Waals surface area contributed by atoms with Crippen LogP contribution in [0.25, 0.3) is 46.4 Å². The van der Waals surface area contributed by atoms with E-state index in [2.05, 4.69) is 91.3 Å².